The van der Waals surface area contributed by atoms with Gasteiger partial charge < -0.3 is 0 Å². The summed E-state index contributed by atoms with van der Waals surface area (Å²) in [4.78, 5) is 5.41. The van der Waals surface area contributed by atoms with E-state index in [9.17, 15) is 0 Å². The summed E-state index contributed by atoms with van der Waals surface area (Å²) in [7, 11) is 0. The Morgan fingerprint density at radius 1 is 1.25 bits per heavy atom. The number of aromatic nitrogens is 1. The molecule has 0 spiro atoms. The largest absolute Gasteiger partial charge is 0.261 e. The van der Waals surface area contributed by atoms with Crippen molar-refractivity contribution < 1.29 is 0 Å². The summed E-state index contributed by atoms with van der Waals surface area (Å²) >= 11 is 13.8. The highest BCUT2D eigenvalue weighted by Crippen LogP contribution is 2.39. The molecule has 0 aliphatic rings. The third-order valence-electron chi connectivity index (χ3n) is 2.46. The van der Waals surface area contributed by atoms with Crippen LogP contribution in [-0.4, -0.2) is 4.98 Å². The number of alkyl halides is 1. The van der Waals surface area contributed by atoms with Gasteiger partial charge >= 0.3 is 0 Å². The number of nitrogens with zero attached hydrogens (tertiary/aromatic N) is 1. The molecule has 0 fully saturated rings. The maximum absolute atomic E-state index is 6.42. The number of thiophene rings is 1. The molecule has 0 aliphatic heterocycles. The van der Waals surface area contributed by atoms with Gasteiger partial charge in [0.2, 0.25) is 0 Å². The molecular formula is C12H11Cl2NS. The minimum atomic E-state index is -0.0765. The Balaban J connectivity index is 2.19. The van der Waals surface area contributed by atoms with Crippen LogP contribution in [0.5, 0.6) is 0 Å². The predicted octanol–water partition coefficient (Wildman–Crippen LogP) is 4.88. The van der Waals surface area contributed by atoms with Gasteiger partial charge in [-0.1, -0.05) is 24.6 Å². The first kappa shape index (κ1) is 11.9. The van der Waals surface area contributed by atoms with Gasteiger partial charge in [-0.3, -0.25) is 4.98 Å². The van der Waals surface area contributed by atoms with Crippen molar-refractivity contribution in [1.82, 2.24) is 4.98 Å². The molecule has 0 amide bonds. The third-order valence-corrected chi connectivity index (χ3v) is 4.52. The van der Waals surface area contributed by atoms with E-state index in [4.69, 9.17) is 23.2 Å². The van der Waals surface area contributed by atoms with Gasteiger partial charge in [-0.05, 0) is 24.3 Å². The second-order valence-electron chi connectivity index (χ2n) is 3.59. The number of hydrogen-bond acceptors (Lipinski definition) is 2. The molecule has 1 nitrogen and oxygen atoms in total. The van der Waals surface area contributed by atoms with Gasteiger partial charge in [0.05, 0.1) is 9.71 Å². The number of rotatable bonds is 3. The normalized spacial score (nSPS) is 14.7. The van der Waals surface area contributed by atoms with E-state index in [-0.39, 0.29) is 11.3 Å². The number of halogens is 2. The van der Waals surface area contributed by atoms with Crippen LogP contribution in [0.2, 0.25) is 4.34 Å². The Morgan fingerprint density at radius 2 is 2.06 bits per heavy atom. The molecule has 2 rings (SSSR count). The second kappa shape index (κ2) is 5.17. The average Bonchev–Trinajstić information content (AvgIpc) is 2.75. The van der Waals surface area contributed by atoms with Gasteiger partial charge in [0.25, 0.3) is 0 Å². The summed E-state index contributed by atoms with van der Waals surface area (Å²) < 4.78 is 0.772. The van der Waals surface area contributed by atoms with Crippen molar-refractivity contribution in [3.63, 3.8) is 0 Å². The average molecular weight is 272 g/mol. The maximum Gasteiger partial charge on any atom is 0.0931 e. The van der Waals surface area contributed by atoms with Crippen LogP contribution in [0.15, 0.2) is 36.5 Å². The van der Waals surface area contributed by atoms with Crippen molar-refractivity contribution in [3.05, 3.63) is 51.4 Å². The van der Waals surface area contributed by atoms with Crippen LogP contribution in [0.4, 0.5) is 0 Å². The first-order valence-corrected chi connectivity index (χ1v) is 6.62. The van der Waals surface area contributed by atoms with Gasteiger partial charge in [0, 0.05) is 22.7 Å². The molecule has 0 aromatic carbocycles. The van der Waals surface area contributed by atoms with Crippen molar-refractivity contribution in [2.24, 2.45) is 0 Å². The summed E-state index contributed by atoms with van der Waals surface area (Å²) in [5.74, 6) is 0.178. The van der Waals surface area contributed by atoms with Crippen LogP contribution < -0.4 is 0 Å². The molecule has 0 bridgehead atoms. The highest BCUT2D eigenvalue weighted by molar-refractivity contribution is 7.16. The Kier molecular flexibility index (Phi) is 3.85. The van der Waals surface area contributed by atoms with E-state index < -0.39 is 0 Å². The molecule has 4 heteroatoms. The minimum Gasteiger partial charge on any atom is -0.261 e. The minimum absolute atomic E-state index is 0.0765. The van der Waals surface area contributed by atoms with Crippen LogP contribution in [0, 0.1) is 0 Å². The van der Waals surface area contributed by atoms with Gasteiger partial charge in [0.1, 0.15) is 0 Å². The molecule has 16 heavy (non-hydrogen) atoms. The molecule has 2 unspecified atom stereocenters. The van der Waals surface area contributed by atoms with Crippen LogP contribution in [0.1, 0.15) is 28.8 Å². The number of hydrogen-bond donors (Lipinski definition) is 0. The second-order valence-corrected chi connectivity index (χ2v) is 5.80. The molecule has 0 saturated carbocycles. The van der Waals surface area contributed by atoms with Crippen LogP contribution in [0.3, 0.4) is 0 Å². The highest BCUT2D eigenvalue weighted by Gasteiger charge is 2.20. The van der Waals surface area contributed by atoms with Crippen molar-refractivity contribution in [2.75, 3.05) is 0 Å². The molecular weight excluding hydrogens is 261 g/mol. The Bertz CT molecular complexity index is 455. The van der Waals surface area contributed by atoms with Crippen LogP contribution in [0.25, 0.3) is 0 Å². The van der Waals surface area contributed by atoms with Crippen LogP contribution >= 0.6 is 34.5 Å². The molecule has 0 saturated heterocycles. The Labute approximate surface area is 109 Å². The Morgan fingerprint density at radius 3 is 2.62 bits per heavy atom. The van der Waals surface area contributed by atoms with E-state index in [0.717, 1.165) is 14.9 Å². The van der Waals surface area contributed by atoms with Gasteiger partial charge in [0.15, 0.2) is 0 Å². The number of pyridine rings is 1. The van der Waals surface area contributed by atoms with Crippen molar-refractivity contribution in [1.29, 1.82) is 0 Å². The zero-order valence-corrected chi connectivity index (χ0v) is 11.1. The lowest BCUT2D eigenvalue weighted by atomic mass is 10.0. The van der Waals surface area contributed by atoms with E-state index in [0.29, 0.717) is 0 Å². The lowest BCUT2D eigenvalue weighted by Crippen LogP contribution is -2.02. The molecule has 0 aliphatic carbocycles. The van der Waals surface area contributed by atoms with E-state index in [1.165, 1.54) is 11.3 Å². The lowest BCUT2D eigenvalue weighted by Gasteiger charge is -2.15. The first-order valence-electron chi connectivity index (χ1n) is 4.98. The van der Waals surface area contributed by atoms with Crippen LogP contribution in [-0.2, 0) is 0 Å². The summed E-state index contributed by atoms with van der Waals surface area (Å²) in [6, 6.07) is 9.73. The van der Waals surface area contributed by atoms with Crippen molar-refractivity contribution in [3.8, 4) is 0 Å². The summed E-state index contributed by atoms with van der Waals surface area (Å²) in [5, 5.41) is -0.0765. The molecule has 2 heterocycles. The van der Waals surface area contributed by atoms with Gasteiger partial charge in [-0.15, -0.1) is 22.9 Å². The summed E-state index contributed by atoms with van der Waals surface area (Å²) in [5.41, 5.74) is 1.01. The fraction of sp³-hybridized carbons (Fsp3) is 0.250. The molecule has 0 radical (unpaired) electrons. The fourth-order valence-electron chi connectivity index (χ4n) is 1.52. The van der Waals surface area contributed by atoms with E-state index in [2.05, 4.69) is 11.9 Å². The van der Waals surface area contributed by atoms with E-state index >= 15 is 0 Å². The summed E-state index contributed by atoms with van der Waals surface area (Å²) in [6.45, 7) is 2.08. The monoisotopic (exact) mass is 271 g/mol. The van der Waals surface area contributed by atoms with Gasteiger partial charge in [-0.2, -0.15) is 0 Å². The summed E-state index contributed by atoms with van der Waals surface area (Å²) in [6.07, 6.45) is 1.79. The lowest BCUT2D eigenvalue weighted by molar-refractivity contribution is 0.715. The van der Waals surface area contributed by atoms with E-state index in [1.807, 2.05) is 30.3 Å². The molecule has 2 aromatic heterocycles. The molecule has 2 aromatic rings. The topological polar surface area (TPSA) is 12.9 Å². The SMILES string of the molecule is CC(c1ccccn1)C(Cl)c1ccc(Cl)s1. The standard InChI is InChI=1S/C12H11Cl2NS/c1-8(9-4-2-3-7-15-9)12(14)10-5-6-11(13)16-10/h2-8,12H,1H3. The highest BCUT2D eigenvalue weighted by atomic mass is 35.5. The Hall–Kier alpha value is -0.570. The molecule has 84 valence electrons. The molecule has 2 atom stereocenters. The van der Waals surface area contributed by atoms with Crippen molar-refractivity contribution >= 4 is 34.5 Å². The van der Waals surface area contributed by atoms with Crippen molar-refractivity contribution in [2.45, 2.75) is 18.2 Å². The smallest absolute Gasteiger partial charge is 0.0931 e. The quantitative estimate of drug-likeness (QED) is 0.725. The molecule has 0 N–H and O–H groups in total. The fourth-order valence-corrected chi connectivity index (χ4v) is 3.00. The zero-order chi connectivity index (χ0) is 11.5. The van der Waals surface area contributed by atoms with E-state index in [1.54, 1.807) is 6.20 Å². The van der Waals surface area contributed by atoms with Gasteiger partial charge in [-0.25, -0.2) is 0 Å². The maximum atomic E-state index is 6.42. The third kappa shape index (κ3) is 2.57. The first-order chi connectivity index (χ1) is 7.68. The zero-order valence-electron chi connectivity index (χ0n) is 8.73. The predicted molar refractivity (Wildman–Crippen MR) is 70.6 cm³/mol.